The van der Waals surface area contributed by atoms with Crippen molar-refractivity contribution < 1.29 is 19.1 Å². The zero-order chi connectivity index (χ0) is 22.1. The molecule has 0 aliphatic heterocycles. The van der Waals surface area contributed by atoms with Gasteiger partial charge in [-0.1, -0.05) is 30.1 Å². The van der Waals surface area contributed by atoms with Crippen LogP contribution in [0.3, 0.4) is 0 Å². The van der Waals surface area contributed by atoms with Crippen molar-refractivity contribution in [2.45, 2.75) is 13.3 Å². The Balaban J connectivity index is 1.98. The number of halogens is 2. The Morgan fingerprint density at radius 2 is 1.60 bits per heavy atom. The number of hydrogen-bond donors (Lipinski definition) is 2. The van der Waals surface area contributed by atoms with Crippen molar-refractivity contribution in [2.75, 3.05) is 44.5 Å². The fourth-order valence-corrected chi connectivity index (χ4v) is 3.01. The molecule has 0 unspecified atom stereocenters. The summed E-state index contributed by atoms with van der Waals surface area (Å²) in [5.41, 5.74) is 0.448. The number of methoxy groups -OCH3 is 2. The molecule has 11 heteroatoms. The maximum Gasteiger partial charge on any atom is 0.240 e. The van der Waals surface area contributed by atoms with Crippen LogP contribution in [-0.4, -0.2) is 60.5 Å². The van der Waals surface area contributed by atoms with E-state index in [1.54, 1.807) is 23.1 Å². The van der Waals surface area contributed by atoms with Gasteiger partial charge in [0.15, 0.2) is 0 Å². The quantitative estimate of drug-likeness (QED) is 0.566. The molecule has 0 aliphatic rings. The topological polar surface area (TPSA) is 106 Å². The fourth-order valence-electron chi connectivity index (χ4n) is 2.55. The summed E-state index contributed by atoms with van der Waals surface area (Å²) in [4.78, 5) is 34.7. The Kier molecular flexibility index (Phi) is 9.10. The van der Waals surface area contributed by atoms with Crippen molar-refractivity contribution in [1.29, 1.82) is 0 Å². The standard InChI is InChI=1S/C19H23Cl2N5O4/c1-4-7-26(10-15(27)22-14-6-5-12(20)8-13(14)21)11-16(28)23-19-24-17(29-2)9-18(25-19)30-3/h5-6,8-9H,4,7,10-11H2,1-3H3,(H,22,27)(H,23,24,25,28). The minimum atomic E-state index is -0.379. The highest BCUT2D eigenvalue weighted by atomic mass is 35.5. The minimum absolute atomic E-state index is 0.00248. The molecule has 0 bridgehead atoms. The van der Waals surface area contributed by atoms with E-state index in [9.17, 15) is 9.59 Å². The molecule has 162 valence electrons. The van der Waals surface area contributed by atoms with Gasteiger partial charge in [-0.05, 0) is 31.2 Å². The van der Waals surface area contributed by atoms with Crippen molar-refractivity contribution in [2.24, 2.45) is 0 Å². The van der Waals surface area contributed by atoms with E-state index >= 15 is 0 Å². The van der Waals surface area contributed by atoms with Crippen LogP contribution in [-0.2, 0) is 9.59 Å². The van der Waals surface area contributed by atoms with Crippen LogP contribution in [0, 0.1) is 0 Å². The molecule has 0 fully saturated rings. The molecule has 0 radical (unpaired) electrons. The van der Waals surface area contributed by atoms with Crippen LogP contribution < -0.4 is 20.1 Å². The van der Waals surface area contributed by atoms with Crippen LogP contribution in [0.4, 0.5) is 11.6 Å². The number of nitrogens with zero attached hydrogens (tertiary/aromatic N) is 3. The van der Waals surface area contributed by atoms with Crippen LogP contribution in [0.1, 0.15) is 13.3 Å². The van der Waals surface area contributed by atoms with E-state index in [4.69, 9.17) is 32.7 Å². The molecule has 0 aliphatic carbocycles. The van der Waals surface area contributed by atoms with Gasteiger partial charge in [-0.3, -0.25) is 19.8 Å². The molecule has 2 amide bonds. The first-order chi connectivity index (χ1) is 14.3. The van der Waals surface area contributed by atoms with E-state index in [1.165, 1.54) is 20.3 Å². The van der Waals surface area contributed by atoms with Gasteiger partial charge in [-0.15, -0.1) is 0 Å². The average Bonchev–Trinajstić information content (AvgIpc) is 2.69. The maximum absolute atomic E-state index is 12.4. The minimum Gasteiger partial charge on any atom is -0.481 e. The number of anilines is 2. The molecule has 30 heavy (non-hydrogen) atoms. The molecular formula is C19H23Cl2N5O4. The first kappa shape index (κ1) is 23.7. The number of hydrogen-bond acceptors (Lipinski definition) is 7. The van der Waals surface area contributed by atoms with Crippen molar-refractivity contribution >= 4 is 46.7 Å². The Morgan fingerprint density at radius 1 is 1.00 bits per heavy atom. The van der Waals surface area contributed by atoms with Crippen molar-refractivity contribution in [3.63, 3.8) is 0 Å². The summed E-state index contributed by atoms with van der Waals surface area (Å²) < 4.78 is 10.1. The highest BCUT2D eigenvalue weighted by molar-refractivity contribution is 6.36. The monoisotopic (exact) mass is 455 g/mol. The van der Waals surface area contributed by atoms with E-state index in [0.29, 0.717) is 22.3 Å². The Morgan fingerprint density at radius 3 is 2.13 bits per heavy atom. The van der Waals surface area contributed by atoms with E-state index in [-0.39, 0.29) is 42.6 Å². The molecule has 1 heterocycles. The smallest absolute Gasteiger partial charge is 0.240 e. The number of benzene rings is 1. The van der Waals surface area contributed by atoms with E-state index in [2.05, 4.69) is 20.6 Å². The van der Waals surface area contributed by atoms with Gasteiger partial charge in [-0.25, -0.2) is 0 Å². The number of amides is 2. The summed E-state index contributed by atoms with van der Waals surface area (Å²) in [7, 11) is 2.89. The van der Waals surface area contributed by atoms with Crippen LogP contribution in [0.2, 0.25) is 10.0 Å². The molecule has 0 saturated heterocycles. The van der Waals surface area contributed by atoms with Crippen LogP contribution in [0.25, 0.3) is 0 Å². The predicted molar refractivity (Wildman–Crippen MR) is 116 cm³/mol. The molecule has 0 atom stereocenters. The van der Waals surface area contributed by atoms with Crippen LogP contribution in [0.15, 0.2) is 24.3 Å². The van der Waals surface area contributed by atoms with Crippen molar-refractivity contribution in [1.82, 2.24) is 14.9 Å². The number of aromatic nitrogens is 2. The molecule has 0 saturated carbocycles. The second kappa shape index (κ2) is 11.5. The predicted octanol–water partition coefficient (Wildman–Crippen LogP) is 3.09. The maximum atomic E-state index is 12.4. The van der Waals surface area contributed by atoms with Gasteiger partial charge in [0.25, 0.3) is 0 Å². The molecule has 9 nitrogen and oxygen atoms in total. The van der Waals surface area contributed by atoms with Gasteiger partial charge in [0.2, 0.25) is 29.5 Å². The second-order valence-corrected chi connectivity index (χ2v) is 7.05. The number of carbonyl (C=O) groups is 2. The molecular weight excluding hydrogens is 433 g/mol. The first-order valence-corrected chi connectivity index (χ1v) is 9.84. The zero-order valence-electron chi connectivity index (χ0n) is 16.9. The Hall–Kier alpha value is -2.62. The third kappa shape index (κ3) is 7.33. The third-order valence-corrected chi connectivity index (χ3v) is 4.38. The van der Waals surface area contributed by atoms with E-state index in [1.807, 2.05) is 6.92 Å². The number of carbonyl (C=O) groups excluding carboxylic acids is 2. The molecule has 1 aromatic carbocycles. The van der Waals surface area contributed by atoms with E-state index < -0.39 is 0 Å². The molecule has 2 N–H and O–H groups in total. The Bertz CT molecular complexity index is 875. The van der Waals surface area contributed by atoms with E-state index in [0.717, 1.165) is 6.42 Å². The number of nitrogens with one attached hydrogen (secondary N) is 2. The second-order valence-electron chi connectivity index (χ2n) is 6.21. The van der Waals surface area contributed by atoms with Gasteiger partial charge < -0.3 is 14.8 Å². The lowest BCUT2D eigenvalue weighted by atomic mass is 10.3. The Labute approximate surface area is 184 Å². The summed E-state index contributed by atoms with van der Waals surface area (Å²) in [6.45, 7) is 2.47. The van der Waals surface area contributed by atoms with Crippen molar-refractivity contribution in [3.8, 4) is 11.8 Å². The lowest BCUT2D eigenvalue weighted by Gasteiger charge is -2.20. The molecule has 1 aromatic heterocycles. The fraction of sp³-hybridized carbons (Fsp3) is 0.368. The summed E-state index contributed by atoms with van der Waals surface area (Å²) in [6.07, 6.45) is 0.756. The highest BCUT2D eigenvalue weighted by Crippen LogP contribution is 2.25. The summed E-state index contributed by atoms with van der Waals surface area (Å²) in [6, 6.07) is 6.28. The van der Waals surface area contributed by atoms with Crippen LogP contribution >= 0.6 is 23.2 Å². The van der Waals surface area contributed by atoms with Crippen LogP contribution in [0.5, 0.6) is 11.8 Å². The SMILES string of the molecule is CCCN(CC(=O)Nc1nc(OC)cc(OC)n1)CC(=O)Nc1ccc(Cl)cc1Cl. The largest absolute Gasteiger partial charge is 0.481 e. The molecule has 2 aromatic rings. The van der Waals surface area contributed by atoms with Gasteiger partial charge in [0.1, 0.15) is 0 Å². The van der Waals surface area contributed by atoms with Gasteiger partial charge in [0.05, 0.1) is 44.1 Å². The summed E-state index contributed by atoms with van der Waals surface area (Å²) in [5.74, 6) is -0.135. The lowest BCUT2D eigenvalue weighted by Crippen LogP contribution is -2.39. The zero-order valence-corrected chi connectivity index (χ0v) is 18.4. The van der Waals surface area contributed by atoms with Gasteiger partial charge >= 0.3 is 0 Å². The third-order valence-electron chi connectivity index (χ3n) is 3.83. The normalized spacial score (nSPS) is 10.6. The highest BCUT2D eigenvalue weighted by Gasteiger charge is 2.17. The number of rotatable bonds is 10. The number of ether oxygens (including phenoxy) is 2. The van der Waals surface area contributed by atoms with Gasteiger partial charge in [-0.2, -0.15) is 9.97 Å². The summed E-state index contributed by atoms with van der Waals surface area (Å²) >= 11 is 11.9. The molecule has 2 rings (SSSR count). The average molecular weight is 456 g/mol. The summed E-state index contributed by atoms with van der Waals surface area (Å²) in [5, 5.41) is 6.11. The molecule has 0 spiro atoms. The first-order valence-electron chi connectivity index (χ1n) is 9.08. The lowest BCUT2D eigenvalue weighted by molar-refractivity contribution is -0.120. The van der Waals surface area contributed by atoms with Gasteiger partial charge in [0, 0.05) is 5.02 Å². The van der Waals surface area contributed by atoms with Crippen molar-refractivity contribution in [3.05, 3.63) is 34.3 Å².